The summed E-state index contributed by atoms with van der Waals surface area (Å²) in [6.07, 6.45) is 2.70. The number of nitrogens with zero attached hydrogens (tertiary/aromatic N) is 2. The third-order valence-corrected chi connectivity index (χ3v) is 6.27. The molecule has 0 aliphatic carbocycles. The average Bonchev–Trinajstić information content (AvgIpc) is 2.92. The Kier molecular flexibility index (Phi) is 4.65. The summed E-state index contributed by atoms with van der Waals surface area (Å²) < 4.78 is 35.7. The van der Waals surface area contributed by atoms with E-state index in [1.807, 2.05) is 5.38 Å². The summed E-state index contributed by atoms with van der Waals surface area (Å²) >= 11 is 2.89. The van der Waals surface area contributed by atoms with Gasteiger partial charge in [0.1, 0.15) is 31.8 Å². The molecule has 0 unspecified atom stereocenters. The molecule has 0 radical (unpaired) electrons. The fourth-order valence-corrected chi connectivity index (χ4v) is 5.28. The maximum absolute atomic E-state index is 13.1. The van der Waals surface area contributed by atoms with Crippen molar-refractivity contribution in [2.75, 3.05) is 17.8 Å². The third kappa shape index (κ3) is 3.88. The van der Waals surface area contributed by atoms with Crippen LogP contribution in [0.25, 0.3) is 21.3 Å². The maximum Gasteiger partial charge on any atom is 0.148 e. The van der Waals surface area contributed by atoms with Gasteiger partial charge in [-0.1, -0.05) is 12.1 Å². The van der Waals surface area contributed by atoms with Gasteiger partial charge < -0.3 is 0 Å². The first-order valence-corrected chi connectivity index (χ1v) is 10.7. The summed E-state index contributed by atoms with van der Waals surface area (Å²) in [7, 11) is -3.00. The van der Waals surface area contributed by atoms with Crippen LogP contribution in [-0.4, -0.2) is 36.1 Å². The van der Waals surface area contributed by atoms with Crippen LogP contribution in [-0.2, 0) is 9.84 Å². The Bertz CT molecular complexity index is 937. The molecule has 8 heteroatoms. The molecule has 0 bridgehead atoms. The molecule has 0 aliphatic heterocycles. The maximum atomic E-state index is 13.1. The zero-order chi connectivity index (χ0) is 16.4. The Morgan fingerprint density at radius 3 is 2.65 bits per heavy atom. The molecular weight excluding hydrogens is 355 g/mol. The predicted octanol–water partition coefficient (Wildman–Crippen LogP) is 3.63. The average molecular weight is 368 g/mol. The lowest BCUT2D eigenvalue weighted by molar-refractivity contribution is 0.603. The molecule has 0 fully saturated rings. The predicted molar refractivity (Wildman–Crippen MR) is 93.2 cm³/mol. The van der Waals surface area contributed by atoms with Gasteiger partial charge in [0, 0.05) is 23.0 Å². The van der Waals surface area contributed by atoms with Crippen LogP contribution in [0.5, 0.6) is 0 Å². The molecule has 0 amide bonds. The summed E-state index contributed by atoms with van der Waals surface area (Å²) in [5.74, 6) is 0.246. The first kappa shape index (κ1) is 16.4. The molecular formula is C15H13FN2O2S3. The normalized spacial score (nSPS) is 11.9. The van der Waals surface area contributed by atoms with Gasteiger partial charge >= 0.3 is 0 Å². The van der Waals surface area contributed by atoms with Crippen molar-refractivity contribution in [1.82, 2.24) is 9.97 Å². The zero-order valence-corrected chi connectivity index (χ0v) is 14.6. The molecule has 0 saturated carbocycles. The van der Waals surface area contributed by atoms with Crippen molar-refractivity contribution >= 4 is 43.2 Å². The minimum absolute atomic E-state index is 0.0964. The first-order chi connectivity index (χ1) is 10.9. The van der Waals surface area contributed by atoms with Gasteiger partial charge in [-0.3, -0.25) is 0 Å². The lowest BCUT2D eigenvalue weighted by Crippen LogP contribution is -2.05. The molecule has 4 nitrogen and oxygen atoms in total. The van der Waals surface area contributed by atoms with Crippen molar-refractivity contribution in [2.24, 2.45) is 0 Å². The van der Waals surface area contributed by atoms with E-state index in [2.05, 4.69) is 9.97 Å². The molecule has 3 rings (SSSR count). The minimum atomic E-state index is -3.00. The van der Waals surface area contributed by atoms with Crippen LogP contribution >= 0.6 is 23.1 Å². The highest BCUT2D eigenvalue weighted by molar-refractivity contribution is 8.00. The lowest BCUT2D eigenvalue weighted by Gasteiger charge is -2.05. The Labute approximate surface area is 141 Å². The van der Waals surface area contributed by atoms with Crippen LogP contribution in [0.3, 0.4) is 0 Å². The van der Waals surface area contributed by atoms with E-state index in [1.54, 1.807) is 12.1 Å². The Morgan fingerprint density at radius 2 is 1.96 bits per heavy atom. The Morgan fingerprint density at radius 1 is 1.22 bits per heavy atom. The Hall–Kier alpha value is -1.51. The van der Waals surface area contributed by atoms with Gasteiger partial charge in [0.15, 0.2) is 0 Å². The minimum Gasteiger partial charge on any atom is -0.229 e. The number of aromatic nitrogens is 2. The van der Waals surface area contributed by atoms with Crippen molar-refractivity contribution in [3.63, 3.8) is 0 Å². The molecule has 2 heterocycles. The number of fused-ring (bicyclic) bond motifs is 1. The van der Waals surface area contributed by atoms with Crippen LogP contribution in [0.2, 0.25) is 0 Å². The number of thioether (sulfide) groups is 1. The van der Waals surface area contributed by atoms with E-state index in [1.165, 1.54) is 47.8 Å². The largest absolute Gasteiger partial charge is 0.229 e. The number of rotatable bonds is 5. The molecule has 1 aromatic carbocycles. The van der Waals surface area contributed by atoms with E-state index < -0.39 is 9.84 Å². The molecule has 2 aromatic heterocycles. The lowest BCUT2D eigenvalue weighted by atomic mass is 10.1. The molecule has 0 saturated heterocycles. The second kappa shape index (κ2) is 6.54. The molecule has 0 atom stereocenters. The zero-order valence-electron chi connectivity index (χ0n) is 12.2. The molecule has 0 N–H and O–H groups in total. The fraction of sp³-hybridized carbons (Fsp3) is 0.200. The van der Waals surface area contributed by atoms with Gasteiger partial charge in [0.2, 0.25) is 0 Å². The highest BCUT2D eigenvalue weighted by Crippen LogP contribution is 2.37. The third-order valence-electron chi connectivity index (χ3n) is 3.18. The van der Waals surface area contributed by atoms with Crippen molar-refractivity contribution in [3.05, 3.63) is 41.8 Å². The molecule has 0 spiro atoms. The highest BCUT2D eigenvalue weighted by atomic mass is 32.2. The van der Waals surface area contributed by atoms with E-state index >= 15 is 0 Å². The van der Waals surface area contributed by atoms with Gasteiger partial charge in [-0.2, -0.15) is 0 Å². The number of hydrogen-bond donors (Lipinski definition) is 0. The molecule has 3 aromatic rings. The van der Waals surface area contributed by atoms with Crippen LogP contribution in [0.1, 0.15) is 0 Å². The number of benzene rings is 1. The van der Waals surface area contributed by atoms with Crippen molar-refractivity contribution in [1.29, 1.82) is 0 Å². The van der Waals surface area contributed by atoms with Crippen LogP contribution < -0.4 is 0 Å². The quantitative estimate of drug-likeness (QED) is 0.508. The van der Waals surface area contributed by atoms with E-state index in [0.29, 0.717) is 5.75 Å². The fourth-order valence-electron chi connectivity index (χ4n) is 2.09. The second-order valence-electron chi connectivity index (χ2n) is 4.99. The van der Waals surface area contributed by atoms with Crippen molar-refractivity contribution in [3.8, 4) is 11.1 Å². The summed E-state index contributed by atoms with van der Waals surface area (Å²) in [5, 5.41) is 3.61. The summed E-state index contributed by atoms with van der Waals surface area (Å²) in [5.41, 5.74) is 1.82. The van der Waals surface area contributed by atoms with E-state index in [-0.39, 0.29) is 11.6 Å². The first-order valence-electron chi connectivity index (χ1n) is 6.73. The summed E-state index contributed by atoms with van der Waals surface area (Å²) in [6, 6.07) is 6.27. The van der Waals surface area contributed by atoms with Crippen molar-refractivity contribution < 1.29 is 12.8 Å². The standard InChI is InChI=1S/C15H13FN2O2S3/c1-23(19,20)7-6-21-14-13-12(8-22-15(13)18-9-17-14)10-2-4-11(16)5-3-10/h2-5,8-9H,6-7H2,1H3. The Balaban J connectivity index is 1.99. The van der Waals surface area contributed by atoms with Gasteiger partial charge in [-0.05, 0) is 17.7 Å². The molecule has 23 heavy (non-hydrogen) atoms. The summed E-state index contributed by atoms with van der Waals surface area (Å²) in [6.45, 7) is 0. The van der Waals surface area contributed by atoms with Gasteiger partial charge in [-0.25, -0.2) is 22.8 Å². The van der Waals surface area contributed by atoms with Crippen molar-refractivity contribution in [2.45, 2.75) is 5.03 Å². The van der Waals surface area contributed by atoms with E-state index in [0.717, 1.165) is 26.4 Å². The van der Waals surface area contributed by atoms with Crippen LogP contribution in [0.4, 0.5) is 4.39 Å². The topological polar surface area (TPSA) is 59.9 Å². The van der Waals surface area contributed by atoms with E-state index in [4.69, 9.17) is 0 Å². The highest BCUT2D eigenvalue weighted by Gasteiger charge is 2.14. The van der Waals surface area contributed by atoms with Crippen LogP contribution in [0, 0.1) is 5.82 Å². The molecule has 120 valence electrons. The number of thiophene rings is 1. The monoisotopic (exact) mass is 368 g/mol. The van der Waals surface area contributed by atoms with Gasteiger partial charge in [0.25, 0.3) is 0 Å². The smallest absolute Gasteiger partial charge is 0.148 e. The van der Waals surface area contributed by atoms with Gasteiger partial charge in [-0.15, -0.1) is 23.1 Å². The summed E-state index contributed by atoms with van der Waals surface area (Å²) in [4.78, 5) is 9.39. The SMILES string of the molecule is CS(=O)(=O)CCSc1ncnc2scc(-c3ccc(F)cc3)c12. The second-order valence-corrected chi connectivity index (χ2v) is 9.20. The van der Waals surface area contributed by atoms with E-state index in [9.17, 15) is 12.8 Å². The molecule has 0 aliphatic rings. The van der Waals surface area contributed by atoms with Crippen LogP contribution in [0.15, 0.2) is 41.0 Å². The number of hydrogen-bond acceptors (Lipinski definition) is 6. The van der Waals surface area contributed by atoms with Gasteiger partial charge in [0.05, 0.1) is 11.1 Å². The number of sulfone groups is 1. The number of halogens is 1.